The van der Waals surface area contributed by atoms with Crippen LogP contribution in [0, 0.1) is 6.92 Å². The molecule has 0 radical (unpaired) electrons. The molecule has 6 nitrogen and oxygen atoms in total. The SMILES string of the molecule is Cc1occc1-c1nnc(S[C@H](C)C(=O)NC2CC2)o1. The largest absolute Gasteiger partial charge is 0.469 e. The summed E-state index contributed by atoms with van der Waals surface area (Å²) in [6.07, 6.45) is 3.73. The highest BCUT2D eigenvalue weighted by molar-refractivity contribution is 8.00. The molecule has 1 aliphatic carbocycles. The molecular formula is C13H15N3O3S. The van der Waals surface area contributed by atoms with Crippen LogP contribution >= 0.6 is 11.8 Å². The van der Waals surface area contributed by atoms with E-state index in [1.807, 2.05) is 13.8 Å². The number of aromatic nitrogens is 2. The molecule has 1 aliphatic rings. The molecule has 20 heavy (non-hydrogen) atoms. The monoisotopic (exact) mass is 293 g/mol. The van der Waals surface area contributed by atoms with Crippen LogP contribution in [-0.4, -0.2) is 27.4 Å². The Kier molecular flexibility index (Phi) is 3.52. The number of rotatable bonds is 5. The highest BCUT2D eigenvalue weighted by Gasteiger charge is 2.27. The van der Waals surface area contributed by atoms with Gasteiger partial charge in [0.25, 0.3) is 11.1 Å². The quantitative estimate of drug-likeness (QED) is 0.852. The summed E-state index contributed by atoms with van der Waals surface area (Å²) < 4.78 is 10.8. The van der Waals surface area contributed by atoms with Gasteiger partial charge in [0, 0.05) is 6.04 Å². The maximum atomic E-state index is 11.9. The molecule has 106 valence electrons. The summed E-state index contributed by atoms with van der Waals surface area (Å²) in [6.45, 7) is 3.66. The van der Waals surface area contributed by atoms with Crippen molar-refractivity contribution in [2.24, 2.45) is 0 Å². The minimum Gasteiger partial charge on any atom is -0.469 e. The molecule has 2 heterocycles. The number of nitrogens with one attached hydrogen (secondary N) is 1. The molecule has 2 aromatic rings. The molecule has 0 unspecified atom stereocenters. The summed E-state index contributed by atoms with van der Waals surface area (Å²) in [5, 5.41) is 11.0. The molecule has 1 atom stereocenters. The fraction of sp³-hybridized carbons (Fsp3) is 0.462. The van der Waals surface area contributed by atoms with E-state index in [2.05, 4.69) is 15.5 Å². The minimum atomic E-state index is -0.255. The Labute approximate surface area is 120 Å². The normalized spacial score (nSPS) is 16.1. The molecule has 7 heteroatoms. The van der Waals surface area contributed by atoms with E-state index in [0.717, 1.165) is 24.2 Å². The van der Waals surface area contributed by atoms with E-state index in [9.17, 15) is 4.79 Å². The molecule has 0 aromatic carbocycles. The topological polar surface area (TPSA) is 81.2 Å². The maximum Gasteiger partial charge on any atom is 0.277 e. The van der Waals surface area contributed by atoms with Crippen LogP contribution in [0.5, 0.6) is 0 Å². The first-order valence-electron chi connectivity index (χ1n) is 6.48. The first kappa shape index (κ1) is 13.2. The second-order valence-corrected chi connectivity index (χ2v) is 6.10. The Hall–Kier alpha value is -1.76. The Bertz CT molecular complexity index is 618. The number of amides is 1. The van der Waals surface area contributed by atoms with Crippen LogP contribution < -0.4 is 5.32 Å². The smallest absolute Gasteiger partial charge is 0.277 e. The minimum absolute atomic E-state index is 0.0109. The standard InChI is InChI=1S/C13H15N3O3S/c1-7-10(5-6-18-7)12-15-16-13(19-12)20-8(2)11(17)14-9-3-4-9/h5-6,8-9H,3-4H2,1-2H3,(H,14,17)/t8-/m1/s1. The molecule has 0 aliphatic heterocycles. The van der Waals surface area contributed by atoms with Crippen LogP contribution in [0.15, 0.2) is 26.4 Å². The second-order valence-electron chi connectivity index (χ2n) is 4.81. The number of aryl methyl sites for hydroxylation is 1. The molecule has 0 saturated heterocycles. The molecule has 1 N–H and O–H groups in total. The van der Waals surface area contributed by atoms with Gasteiger partial charge in [-0.2, -0.15) is 0 Å². The van der Waals surface area contributed by atoms with Crippen molar-refractivity contribution >= 4 is 17.7 Å². The van der Waals surface area contributed by atoms with Gasteiger partial charge in [0.2, 0.25) is 5.91 Å². The van der Waals surface area contributed by atoms with Gasteiger partial charge in [0.05, 0.1) is 17.1 Å². The molecule has 1 saturated carbocycles. The first-order chi connectivity index (χ1) is 9.63. The number of hydrogen-bond acceptors (Lipinski definition) is 6. The van der Waals surface area contributed by atoms with E-state index < -0.39 is 0 Å². The van der Waals surface area contributed by atoms with Crippen molar-refractivity contribution in [2.45, 2.75) is 43.2 Å². The van der Waals surface area contributed by atoms with Crippen molar-refractivity contribution in [1.82, 2.24) is 15.5 Å². The van der Waals surface area contributed by atoms with Crippen LogP contribution in [0.25, 0.3) is 11.5 Å². The zero-order chi connectivity index (χ0) is 14.1. The first-order valence-corrected chi connectivity index (χ1v) is 7.36. The number of nitrogens with zero attached hydrogens (tertiary/aromatic N) is 2. The van der Waals surface area contributed by atoms with E-state index >= 15 is 0 Å². The van der Waals surface area contributed by atoms with E-state index in [4.69, 9.17) is 8.83 Å². The van der Waals surface area contributed by atoms with Crippen LogP contribution in [0.2, 0.25) is 0 Å². The lowest BCUT2D eigenvalue weighted by atomic mass is 10.3. The zero-order valence-corrected chi connectivity index (χ0v) is 12.1. The fourth-order valence-corrected chi connectivity index (χ4v) is 2.42. The van der Waals surface area contributed by atoms with Gasteiger partial charge >= 0.3 is 0 Å². The Morgan fingerprint density at radius 3 is 2.95 bits per heavy atom. The highest BCUT2D eigenvalue weighted by Crippen LogP contribution is 2.28. The highest BCUT2D eigenvalue weighted by atomic mass is 32.2. The summed E-state index contributed by atoms with van der Waals surface area (Å²) in [5.41, 5.74) is 0.777. The lowest BCUT2D eigenvalue weighted by Crippen LogP contribution is -2.32. The summed E-state index contributed by atoms with van der Waals surface area (Å²) in [5.74, 6) is 1.15. The molecular weight excluding hydrogens is 278 g/mol. The lowest BCUT2D eigenvalue weighted by Gasteiger charge is -2.08. The van der Waals surface area contributed by atoms with E-state index in [-0.39, 0.29) is 11.2 Å². The third-order valence-corrected chi connectivity index (χ3v) is 4.00. The zero-order valence-electron chi connectivity index (χ0n) is 11.3. The summed E-state index contributed by atoms with van der Waals surface area (Å²) in [4.78, 5) is 11.9. The number of carbonyl (C=O) groups is 1. The van der Waals surface area contributed by atoms with Crippen molar-refractivity contribution < 1.29 is 13.6 Å². The molecule has 3 rings (SSSR count). The third kappa shape index (κ3) is 2.87. The average molecular weight is 293 g/mol. The number of thioether (sulfide) groups is 1. The third-order valence-electron chi connectivity index (χ3n) is 3.07. The van der Waals surface area contributed by atoms with E-state index in [1.54, 1.807) is 12.3 Å². The number of carbonyl (C=O) groups excluding carboxylic acids is 1. The van der Waals surface area contributed by atoms with Gasteiger partial charge in [0.15, 0.2) is 0 Å². The van der Waals surface area contributed by atoms with Crippen molar-refractivity contribution in [3.8, 4) is 11.5 Å². The predicted molar refractivity (Wildman–Crippen MR) is 73.2 cm³/mol. The van der Waals surface area contributed by atoms with Gasteiger partial charge < -0.3 is 14.2 Å². The molecule has 0 bridgehead atoms. The van der Waals surface area contributed by atoms with Crippen LogP contribution in [0.3, 0.4) is 0 Å². The molecule has 1 fully saturated rings. The Morgan fingerprint density at radius 1 is 1.50 bits per heavy atom. The summed E-state index contributed by atoms with van der Waals surface area (Å²) in [6, 6.07) is 2.14. The van der Waals surface area contributed by atoms with Crippen molar-refractivity contribution in [2.75, 3.05) is 0 Å². The number of hydrogen-bond donors (Lipinski definition) is 1. The average Bonchev–Trinajstić information content (AvgIpc) is 2.94. The van der Waals surface area contributed by atoms with Crippen molar-refractivity contribution in [3.63, 3.8) is 0 Å². The van der Waals surface area contributed by atoms with Gasteiger partial charge in [-0.1, -0.05) is 11.8 Å². The Balaban J connectivity index is 1.64. The van der Waals surface area contributed by atoms with Gasteiger partial charge in [-0.3, -0.25) is 4.79 Å². The molecule has 0 spiro atoms. The van der Waals surface area contributed by atoms with Crippen LogP contribution in [0.4, 0.5) is 0 Å². The van der Waals surface area contributed by atoms with Gasteiger partial charge in [-0.15, -0.1) is 10.2 Å². The van der Waals surface area contributed by atoms with Gasteiger partial charge in [0.1, 0.15) is 5.76 Å². The number of furan rings is 1. The predicted octanol–water partition coefficient (Wildman–Crippen LogP) is 2.40. The van der Waals surface area contributed by atoms with E-state index in [1.165, 1.54) is 11.8 Å². The van der Waals surface area contributed by atoms with Crippen molar-refractivity contribution in [3.05, 3.63) is 18.1 Å². The molecule has 2 aromatic heterocycles. The van der Waals surface area contributed by atoms with Gasteiger partial charge in [-0.25, -0.2) is 0 Å². The van der Waals surface area contributed by atoms with Crippen molar-refractivity contribution in [1.29, 1.82) is 0 Å². The fourth-order valence-electron chi connectivity index (χ4n) is 1.72. The van der Waals surface area contributed by atoms with E-state index in [0.29, 0.717) is 17.2 Å². The van der Waals surface area contributed by atoms with Crippen LogP contribution in [0.1, 0.15) is 25.5 Å². The van der Waals surface area contributed by atoms with Gasteiger partial charge in [-0.05, 0) is 32.8 Å². The lowest BCUT2D eigenvalue weighted by molar-refractivity contribution is -0.120. The molecule has 1 amide bonds. The summed E-state index contributed by atoms with van der Waals surface area (Å²) in [7, 11) is 0. The summed E-state index contributed by atoms with van der Waals surface area (Å²) >= 11 is 1.26. The van der Waals surface area contributed by atoms with Crippen LogP contribution in [-0.2, 0) is 4.79 Å². The maximum absolute atomic E-state index is 11.9. The Morgan fingerprint density at radius 2 is 2.30 bits per heavy atom. The second kappa shape index (κ2) is 5.32.